The Morgan fingerprint density at radius 3 is 2.23 bits per heavy atom. The highest BCUT2D eigenvalue weighted by molar-refractivity contribution is 7.86. The van der Waals surface area contributed by atoms with Crippen LogP contribution in [0, 0.1) is 0 Å². The highest BCUT2D eigenvalue weighted by Gasteiger charge is 2.40. The van der Waals surface area contributed by atoms with E-state index in [9.17, 15) is 39.3 Å². The average Bonchev–Trinajstić information content (AvgIpc) is 2.88. The minimum Gasteiger partial charge on any atom is -0.352 e. The molecule has 1 unspecified atom stereocenters. The number of halogens is 6. The summed E-state index contributed by atoms with van der Waals surface area (Å²) < 4.78 is 109. The lowest BCUT2D eigenvalue weighted by Gasteiger charge is -2.25. The molecule has 0 aliphatic carbocycles. The fraction of sp³-hybridized carbons (Fsp3) is 0.385. The monoisotopic (exact) mass is 405 g/mol. The zero-order chi connectivity index (χ0) is 19.9. The Hall–Kier alpha value is -1.99. The molecule has 2 rings (SSSR count). The van der Waals surface area contributed by atoms with Crippen molar-refractivity contribution in [2.24, 2.45) is 5.73 Å². The van der Waals surface area contributed by atoms with Crippen molar-refractivity contribution in [1.29, 1.82) is 0 Å². The second-order valence-electron chi connectivity index (χ2n) is 5.41. The van der Waals surface area contributed by atoms with Gasteiger partial charge in [0.25, 0.3) is 0 Å². The first-order valence-electron chi connectivity index (χ1n) is 6.90. The molecule has 0 amide bonds. The minimum atomic E-state index is -5.10. The molecule has 0 spiro atoms. The van der Waals surface area contributed by atoms with Crippen LogP contribution in [0.2, 0.25) is 0 Å². The lowest BCUT2D eigenvalue weighted by Crippen LogP contribution is -2.43. The zero-order valence-corrected chi connectivity index (χ0v) is 13.6. The first-order chi connectivity index (χ1) is 11.7. The second-order valence-corrected chi connectivity index (χ2v) is 6.89. The Kier molecular flexibility index (Phi) is 5.18. The van der Waals surface area contributed by atoms with Crippen molar-refractivity contribution in [2.75, 3.05) is 6.54 Å². The van der Waals surface area contributed by atoms with Gasteiger partial charge in [0, 0.05) is 25.0 Å². The molecule has 0 bridgehead atoms. The van der Waals surface area contributed by atoms with Gasteiger partial charge in [-0.25, -0.2) is 0 Å². The van der Waals surface area contributed by atoms with Gasteiger partial charge in [-0.1, -0.05) is 6.07 Å². The van der Waals surface area contributed by atoms with Crippen molar-refractivity contribution in [2.45, 2.75) is 24.4 Å². The smallest absolute Gasteiger partial charge is 0.352 e. The van der Waals surface area contributed by atoms with Gasteiger partial charge in [0.05, 0.1) is 11.1 Å². The maximum atomic E-state index is 13.2. The van der Waals surface area contributed by atoms with Crippen molar-refractivity contribution in [3.8, 4) is 0 Å². The van der Waals surface area contributed by atoms with Crippen LogP contribution in [0.15, 0.2) is 30.1 Å². The summed E-state index contributed by atoms with van der Waals surface area (Å²) in [6.07, 6.45) is -8.99. The summed E-state index contributed by atoms with van der Waals surface area (Å²) in [6.45, 7) is -0.921. The van der Waals surface area contributed by atoms with Crippen molar-refractivity contribution >= 4 is 10.1 Å². The maximum absolute atomic E-state index is 13.2. The van der Waals surface area contributed by atoms with Gasteiger partial charge in [-0.15, -0.1) is 0 Å². The number of hydrogen-bond acceptors (Lipinski definition) is 5. The molecule has 1 aliphatic rings. The predicted octanol–water partition coefficient (Wildman–Crippen LogP) is 2.10. The molecule has 0 radical (unpaired) electrons. The van der Waals surface area contributed by atoms with E-state index in [0.29, 0.717) is 12.1 Å². The Morgan fingerprint density at radius 1 is 1.15 bits per heavy atom. The van der Waals surface area contributed by atoms with E-state index in [4.69, 9.17) is 5.73 Å². The number of alkyl halides is 6. The molecular weight excluding hydrogens is 392 g/mol. The number of nitrogens with two attached hydrogens (primary N) is 1. The van der Waals surface area contributed by atoms with Gasteiger partial charge < -0.3 is 16.0 Å². The van der Waals surface area contributed by atoms with Crippen LogP contribution in [0.1, 0.15) is 16.7 Å². The Labute approximate surface area is 144 Å². The maximum Gasteiger partial charge on any atom is 0.416 e. The average molecular weight is 405 g/mol. The van der Waals surface area contributed by atoms with Crippen LogP contribution < -0.4 is 11.1 Å². The van der Waals surface area contributed by atoms with E-state index in [2.05, 4.69) is 5.32 Å². The summed E-state index contributed by atoms with van der Waals surface area (Å²) in [5.41, 5.74) is -0.00892. The Morgan fingerprint density at radius 2 is 1.77 bits per heavy atom. The molecule has 6 nitrogen and oxygen atoms in total. The zero-order valence-electron chi connectivity index (χ0n) is 12.8. The normalized spacial score (nSPS) is 18.7. The van der Waals surface area contributed by atoms with Gasteiger partial charge in [0.2, 0.25) is 5.50 Å². The van der Waals surface area contributed by atoms with Crippen molar-refractivity contribution in [1.82, 2.24) is 10.2 Å². The molecule has 1 aliphatic heterocycles. The number of benzene rings is 1. The Balaban J connectivity index is 2.46. The standard InChI is InChI=1S/C13H13F6N3O3S/c14-12(15,16)8-2-1-7(10(3-8)13(17,18)19)5-22-6-9(4-20)21-11(22)26(23,24)25/h1-3,6,11,21H,4-5,20H2,(H,23,24,25). The van der Waals surface area contributed by atoms with Crippen LogP contribution in [0.4, 0.5) is 26.3 Å². The summed E-state index contributed by atoms with van der Waals surface area (Å²) in [5.74, 6) is 0. The fourth-order valence-corrected chi connectivity index (χ4v) is 3.16. The summed E-state index contributed by atoms with van der Waals surface area (Å²) in [7, 11) is -4.75. The lowest BCUT2D eigenvalue weighted by atomic mass is 10.0. The molecule has 0 saturated carbocycles. The molecule has 4 N–H and O–H groups in total. The summed E-state index contributed by atoms with van der Waals surface area (Å²) in [4.78, 5) is 0.801. The van der Waals surface area contributed by atoms with Crippen molar-refractivity contribution in [3.63, 3.8) is 0 Å². The van der Waals surface area contributed by atoms with E-state index in [1.165, 1.54) is 0 Å². The molecule has 1 atom stereocenters. The van der Waals surface area contributed by atoms with Gasteiger partial charge in [0.15, 0.2) is 0 Å². The van der Waals surface area contributed by atoms with Crippen LogP contribution in [-0.4, -0.2) is 29.9 Å². The van der Waals surface area contributed by atoms with Crippen LogP contribution in [0.3, 0.4) is 0 Å². The molecule has 1 heterocycles. The van der Waals surface area contributed by atoms with E-state index < -0.39 is 51.2 Å². The third-order valence-electron chi connectivity index (χ3n) is 3.53. The predicted molar refractivity (Wildman–Crippen MR) is 77.6 cm³/mol. The van der Waals surface area contributed by atoms with E-state index in [1.54, 1.807) is 0 Å². The SMILES string of the molecule is NCC1=CN(Cc2ccc(C(F)(F)F)cc2C(F)(F)F)C(S(=O)(=O)O)N1. The van der Waals surface area contributed by atoms with E-state index in [1.807, 2.05) is 0 Å². The number of nitrogens with one attached hydrogen (secondary N) is 1. The van der Waals surface area contributed by atoms with Crippen molar-refractivity contribution < 1.29 is 39.3 Å². The number of hydrogen-bond donors (Lipinski definition) is 3. The second kappa shape index (κ2) is 6.63. The Bertz CT molecular complexity index is 819. The number of rotatable bonds is 4. The van der Waals surface area contributed by atoms with E-state index in [0.717, 1.165) is 11.1 Å². The van der Waals surface area contributed by atoms with Crippen LogP contribution in [-0.2, 0) is 29.0 Å². The van der Waals surface area contributed by atoms with Gasteiger partial charge in [-0.2, -0.15) is 34.8 Å². The molecular formula is C13H13F6N3O3S. The first-order valence-corrected chi connectivity index (χ1v) is 8.40. The largest absolute Gasteiger partial charge is 0.416 e. The number of nitrogens with zero attached hydrogens (tertiary/aromatic N) is 1. The molecule has 0 fully saturated rings. The molecule has 13 heteroatoms. The highest BCUT2D eigenvalue weighted by Crippen LogP contribution is 2.38. The first kappa shape index (κ1) is 20.3. The molecule has 0 saturated heterocycles. The quantitative estimate of drug-likeness (QED) is 0.525. The molecule has 146 valence electrons. The van der Waals surface area contributed by atoms with Crippen molar-refractivity contribution in [3.05, 3.63) is 46.8 Å². The van der Waals surface area contributed by atoms with Crippen LogP contribution in [0.25, 0.3) is 0 Å². The summed E-state index contributed by atoms with van der Waals surface area (Å²) in [5, 5.41) is 2.31. The molecule has 1 aromatic carbocycles. The third kappa shape index (κ3) is 4.40. The molecule has 0 aromatic heterocycles. The van der Waals surface area contributed by atoms with Gasteiger partial charge in [-0.05, 0) is 17.7 Å². The minimum absolute atomic E-state index is 0.0468. The van der Waals surface area contributed by atoms with Crippen LogP contribution in [0.5, 0.6) is 0 Å². The third-order valence-corrected chi connectivity index (χ3v) is 4.48. The topological polar surface area (TPSA) is 95.7 Å². The molecule has 26 heavy (non-hydrogen) atoms. The summed E-state index contributed by atoms with van der Waals surface area (Å²) >= 11 is 0. The highest BCUT2D eigenvalue weighted by atomic mass is 32.2. The van der Waals surface area contributed by atoms with Gasteiger partial charge >= 0.3 is 22.5 Å². The summed E-state index contributed by atoms with van der Waals surface area (Å²) in [6, 6.07) is 1.03. The van der Waals surface area contributed by atoms with Crippen LogP contribution >= 0.6 is 0 Å². The van der Waals surface area contributed by atoms with Gasteiger partial charge in [0.1, 0.15) is 0 Å². The van der Waals surface area contributed by atoms with E-state index >= 15 is 0 Å². The fourth-order valence-electron chi connectivity index (χ4n) is 2.38. The van der Waals surface area contributed by atoms with E-state index in [-0.39, 0.29) is 18.3 Å². The lowest BCUT2D eigenvalue weighted by molar-refractivity contribution is -0.143. The molecule has 1 aromatic rings. The van der Waals surface area contributed by atoms with Gasteiger partial charge in [-0.3, -0.25) is 4.55 Å².